The zero-order valence-corrected chi connectivity index (χ0v) is 20.4. The van der Waals surface area contributed by atoms with Crippen LogP contribution in [-0.4, -0.2) is 42.5 Å². The van der Waals surface area contributed by atoms with Gasteiger partial charge in [-0.1, -0.05) is 26.8 Å². The molecular formula is C26H29F2N7. The topological polar surface area (TPSA) is 71.8 Å². The van der Waals surface area contributed by atoms with E-state index in [1.54, 1.807) is 6.07 Å². The van der Waals surface area contributed by atoms with E-state index in [0.29, 0.717) is 29.4 Å². The van der Waals surface area contributed by atoms with Crippen LogP contribution in [0.3, 0.4) is 0 Å². The zero-order valence-electron chi connectivity index (χ0n) is 20.4. The lowest BCUT2D eigenvalue weighted by molar-refractivity contribution is 0.266. The van der Waals surface area contributed by atoms with Crippen molar-refractivity contribution in [2.75, 3.05) is 18.4 Å². The van der Waals surface area contributed by atoms with E-state index in [-0.39, 0.29) is 17.2 Å². The van der Waals surface area contributed by atoms with Gasteiger partial charge < -0.3 is 9.88 Å². The number of anilines is 2. The maximum absolute atomic E-state index is 15.0. The molecule has 1 aliphatic rings. The Morgan fingerprint density at radius 2 is 1.91 bits per heavy atom. The average molecular weight is 478 g/mol. The molecule has 0 saturated carbocycles. The van der Waals surface area contributed by atoms with Gasteiger partial charge >= 0.3 is 0 Å². The summed E-state index contributed by atoms with van der Waals surface area (Å²) in [6.07, 6.45) is 1.97. The van der Waals surface area contributed by atoms with Gasteiger partial charge in [0.15, 0.2) is 11.6 Å². The molecule has 0 aliphatic carbocycles. The van der Waals surface area contributed by atoms with Crippen LogP contribution in [0, 0.1) is 24.5 Å². The van der Waals surface area contributed by atoms with Crippen LogP contribution in [0.25, 0.3) is 22.3 Å². The predicted molar refractivity (Wildman–Crippen MR) is 132 cm³/mol. The largest absolute Gasteiger partial charge is 0.328 e. The van der Waals surface area contributed by atoms with E-state index in [2.05, 4.69) is 52.0 Å². The molecule has 4 aromatic rings. The van der Waals surface area contributed by atoms with E-state index >= 15 is 0 Å². The van der Waals surface area contributed by atoms with Crippen molar-refractivity contribution >= 4 is 22.8 Å². The van der Waals surface area contributed by atoms with Gasteiger partial charge in [0.25, 0.3) is 0 Å². The molecule has 0 bridgehead atoms. The Morgan fingerprint density at radius 1 is 1.09 bits per heavy atom. The number of rotatable bonds is 6. The summed E-state index contributed by atoms with van der Waals surface area (Å²) in [6, 6.07) is 6.95. The zero-order chi connectivity index (χ0) is 24.7. The van der Waals surface area contributed by atoms with Crippen molar-refractivity contribution in [2.45, 2.75) is 47.2 Å². The Labute approximate surface area is 203 Å². The first-order chi connectivity index (χ1) is 16.8. The molecule has 0 saturated heterocycles. The highest BCUT2D eigenvalue weighted by Crippen LogP contribution is 2.29. The Balaban J connectivity index is 1.48. The first-order valence-corrected chi connectivity index (χ1v) is 12.0. The van der Waals surface area contributed by atoms with Crippen LogP contribution in [0.4, 0.5) is 20.5 Å². The predicted octanol–water partition coefficient (Wildman–Crippen LogP) is 5.25. The minimum Gasteiger partial charge on any atom is -0.328 e. The smallest absolute Gasteiger partial charge is 0.229 e. The number of hydrogen-bond donors (Lipinski definition) is 1. The fraction of sp³-hybridized carbons (Fsp3) is 0.385. The Kier molecular flexibility index (Phi) is 6.19. The molecule has 35 heavy (non-hydrogen) atoms. The molecule has 0 amide bonds. The quantitative estimate of drug-likeness (QED) is 0.409. The molecule has 0 unspecified atom stereocenters. The standard InChI is InChI=1S/C26H29F2N7/c1-5-34-9-8-21-17(14-34)6-7-23(31-21)32-26-29-12-20(28)24(33-26)18-10-19(27)25-22(11-18)35(13-15(2)3)16(4)30-25/h6-7,10-12,15H,5,8-9,13-14H2,1-4H3,(H,29,31,32,33). The molecule has 0 spiro atoms. The molecule has 0 fully saturated rings. The highest BCUT2D eigenvalue weighted by atomic mass is 19.1. The second-order valence-electron chi connectivity index (χ2n) is 9.43. The lowest BCUT2D eigenvalue weighted by Gasteiger charge is -2.27. The summed E-state index contributed by atoms with van der Waals surface area (Å²) < 4.78 is 31.8. The number of pyridine rings is 1. The molecule has 0 atom stereocenters. The van der Waals surface area contributed by atoms with Crippen molar-refractivity contribution in [3.05, 3.63) is 59.2 Å². The monoisotopic (exact) mass is 477 g/mol. The van der Waals surface area contributed by atoms with E-state index in [4.69, 9.17) is 4.98 Å². The van der Waals surface area contributed by atoms with E-state index in [1.807, 2.05) is 17.6 Å². The Hall–Kier alpha value is -3.46. The van der Waals surface area contributed by atoms with Gasteiger partial charge in [0, 0.05) is 37.3 Å². The number of nitrogens with zero attached hydrogens (tertiary/aromatic N) is 6. The fourth-order valence-electron chi connectivity index (χ4n) is 4.59. The maximum Gasteiger partial charge on any atom is 0.229 e. The molecule has 1 aliphatic heterocycles. The Morgan fingerprint density at radius 3 is 2.69 bits per heavy atom. The fourth-order valence-corrected chi connectivity index (χ4v) is 4.59. The lowest BCUT2D eigenvalue weighted by atomic mass is 10.1. The van der Waals surface area contributed by atoms with Crippen LogP contribution in [0.1, 0.15) is 37.9 Å². The normalized spacial score (nSPS) is 14.0. The van der Waals surface area contributed by atoms with Crippen LogP contribution < -0.4 is 5.32 Å². The average Bonchev–Trinajstić information content (AvgIpc) is 3.15. The van der Waals surface area contributed by atoms with Crippen LogP contribution in [0.15, 0.2) is 30.5 Å². The van der Waals surface area contributed by atoms with E-state index in [0.717, 1.165) is 43.8 Å². The van der Waals surface area contributed by atoms with Gasteiger partial charge in [0.1, 0.15) is 22.9 Å². The van der Waals surface area contributed by atoms with Gasteiger partial charge in [-0.3, -0.25) is 4.90 Å². The molecule has 0 radical (unpaired) electrons. The van der Waals surface area contributed by atoms with Crippen molar-refractivity contribution < 1.29 is 8.78 Å². The highest BCUT2D eigenvalue weighted by Gasteiger charge is 2.19. The van der Waals surface area contributed by atoms with Gasteiger partial charge in [-0.25, -0.2) is 28.7 Å². The number of nitrogens with one attached hydrogen (secondary N) is 1. The first-order valence-electron chi connectivity index (χ1n) is 12.0. The number of hydrogen-bond acceptors (Lipinski definition) is 6. The summed E-state index contributed by atoms with van der Waals surface area (Å²) in [5, 5.41) is 3.09. The summed E-state index contributed by atoms with van der Waals surface area (Å²) in [5.41, 5.74) is 3.51. The van der Waals surface area contributed by atoms with Gasteiger partial charge in [-0.15, -0.1) is 0 Å². The number of fused-ring (bicyclic) bond motifs is 2. The van der Waals surface area contributed by atoms with Crippen molar-refractivity contribution in [1.82, 2.24) is 29.4 Å². The third kappa shape index (κ3) is 4.60. The van der Waals surface area contributed by atoms with E-state index in [1.165, 1.54) is 11.6 Å². The van der Waals surface area contributed by atoms with Crippen LogP contribution >= 0.6 is 0 Å². The third-order valence-corrected chi connectivity index (χ3v) is 6.38. The molecule has 1 aromatic carbocycles. The van der Waals surface area contributed by atoms with E-state index in [9.17, 15) is 8.78 Å². The summed E-state index contributed by atoms with van der Waals surface area (Å²) in [6.45, 7) is 11.7. The summed E-state index contributed by atoms with van der Waals surface area (Å²) >= 11 is 0. The lowest BCUT2D eigenvalue weighted by Crippen LogP contribution is -2.30. The summed E-state index contributed by atoms with van der Waals surface area (Å²) in [5.74, 6) is 0.729. The molecule has 182 valence electrons. The second-order valence-corrected chi connectivity index (χ2v) is 9.43. The van der Waals surface area contributed by atoms with Gasteiger partial charge in [-0.2, -0.15) is 0 Å². The van der Waals surface area contributed by atoms with Gasteiger partial charge in [0.2, 0.25) is 5.95 Å². The van der Waals surface area contributed by atoms with Gasteiger partial charge in [-0.05, 0) is 43.1 Å². The molecule has 5 rings (SSSR count). The van der Waals surface area contributed by atoms with Crippen molar-refractivity contribution in [3.63, 3.8) is 0 Å². The first kappa shape index (κ1) is 23.3. The molecular weight excluding hydrogens is 448 g/mol. The number of halogens is 2. The molecule has 3 aromatic heterocycles. The third-order valence-electron chi connectivity index (χ3n) is 6.38. The number of benzene rings is 1. The van der Waals surface area contributed by atoms with E-state index < -0.39 is 11.6 Å². The molecule has 4 heterocycles. The summed E-state index contributed by atoms with van der Waals surface area (Å²) in [4.78, 5) is 19.9. The summed E-state index contributed by atoms with van der Waals surface area (Å²) in [7, 11) is 0. The molecule has 9 heteroatoms. The Bertz CT molecular complexity index is 1400. The molecule has 1 N–H and O–H groups in total. The molecule has 7 nitrogen and oxygen atoms in total. The second kappa shape index (κ2) is 9.30. The minimum atomic E-state index is -0.626. The van der Waals surface area contributed by atoms with Crippen LogP contribution in [-0.2, 0) is 19.5 Å². The van der Waals surface area contributed by atoms with Crippen molar-refractivity contribution in [2.24, 2.45) is 5.92 Å². The van der Waals surface area contributed by atoms with Crippen molar-refractivity contribution in [1.29, 1.82) is 0 Å². The van der Waals surface area contributed by atoms with Crippen molar-refractivity contribution in [3.8, 4) is 11.3 Å². The minimum absolute atomic E-state index is 0.0230. The van der Waals surface area contributed by atoms with Crippen LogP contribution in [0.5, 0.6) is 0 Å². The van der Waals surface area contributed by atoms with Crippen LogP contribution in [0.2, 0.25) is 0 Å². The maximum atomic E-state index is 15.0. The number of aromatic nitrogens is 5. The number of imidazole rings is 1. The SMILES string of the molecule is CCN1CCc2nc(Nc3ncc(F)c(-c4cc(F)c5nc(C)n(CC(C)C)c5c4)n3)ccc2C1. The van der Waals surface area contributed by atoms with Gasteiger partial charge in [0.05, 0.1) is 11.7 Å². The highest BCUT2D eigenvalue weighted by molar-refractivity contribution is 5.83. The number of aryl methyl sites for hydroxylation is 1. The number of likely N-dealkylation sites (N-methyl/N-ethyl adjacent to an activating group) is 1.